The third-order valence-electron chi connectivity index (χ3n) is 9.34. The van der Waals surface area contributed by atoms with E-state index in [2.05, 4.69) is 188 Å². The summed E-state index contributed by atoms with van der Waals surface area (Å²) in [6, 6.07) is 69.7. The average Bonchev–Trinajstić information content (AvgIpc) is 3.46. The SMILES string of the molecule is c1ccc(C2c3ccccc3-c3cccc(-c4ccc([Si](c5ccccc5)(c5ccccc5)c5ccccc5)cc4)c32)cc1. The molecule has 0 fully saturated rings. The van der Waals surface area contributed by atoms with Gasteiger partial charge in [-0.25, -0.2) is 0 Å². The van der Waals surface area contributed by atoms with Gasteiger partial charge in [0.2, 0.25) is 0 Å². The van der Waals surface area contributed by atoms with E-state index in [1.54, 1.807) is 0 Å². The lowest BCUT2D eigenvalue weighted by atomic mass is 9.85. The van der Waals surface area contributed by atoms with Crippen LogP contribution in [0.5, 0.6) is 0 Å². The average molecular weight is 577 g/mol. The van der Waals surface area contributed by atoms with Crippen molar-refractivity contribution in [3.05, 3.63) is 205 Å². The molecule has 0 amide bonds. The number of hydrogen-bond donors (Lipinski definition) is 0. The van der Waals surface area contributed by atoms with Crippen LogP contribution in [0.4, 0.5) is 0 Å². The minimum Gasteiger partial charge on any atom is -0.0623 e. The highest BCUT2D eigenvalue weighted by Gasteiger charge is 2.41. The van der Waals surface area contributed by atoms with Crippen LogP contribution in [0.25, 0.3) is 22.3 Å². The first kappa shape index (κ1) is 26.4. The lowest BCUT2D eigenvalue weighted by molar-refractivity contribution is 1.02. The minimum atomic E-state index is -2.56. The maximum atomic E-state index is 2.41. The van der Waals surface area contributed by atoms with Gasteiger partial charge in [-0.15, -0.1) is 0 Å². The van der Waals surface area contributed by atoms with Gasteiger partial charge in [0.05, 0.1) is 0 Å². The van der Waals surface area contributed by atoms with Crippen molar-refractivity contribution in [1.82, 2.24) is 0 Å². The third-order valence-corrected chi connectivity index (χ3v) is 14.1. The van der Waals surface area contributed by atoms with Gasteiger partial charge in [-0.05, 0) is 59.7 Å². The predicted molar refractivity (Wildman–Crippen MR) is 188 cm³/mol. The van der Waals surface area contributed by atoms with Crippen LogP contribution < -0.4 is 20.7 Å². The van der Waals surface area contributed by atoms with Gasteiger partial charge in [0.15, 0.2) is 8.07 Å². The number of hydrogen-bond acceptors (Lipinski definition) is 0. The standard InChI is InChI=1S/C43H32Si/c1-5-16-33(17-6-1)42-40-25-14-13-24-39(40)41-27-15-26-38(43(41)42)32-28-30-37(31-29-32)44(34-18-7-2-8-19-34,35-20-9-3-10-21-35)36-22-11-4-12-23-36/h1-31,42H. The highest BCUT2D eigenvalue weighted by Crippen LogP contribution is 2.51. The van der Waals surface area contributed by atoms with Crippen molar-refractivity contribution in [1.29, 1.82) is 0 Å². The molecule has 0 saturated heterocycles. The number of rotatable bonds is 6. The van der Waals surface area contributed by atoms with Crippen LogP contribution in [0.15, 0.2) is 188 Å². The van der Waals surface area contributed by atoms with Gasteiger partial charge in [-0.2, -0.15) is 0 Å². The monoisotopic (exact) mass is 576 g/mol. The zero-order valence-electron chi connectivity index (χ0n) is 24.5. The first-order chi connectivity index (χ1) is 21.9. The van der Waals surface area contributed by atoms with Crippen molar-refractivity contribution >= 4 is 28.8 Å². The fourth-order valence-electron chi connectivity index (χ4n) is 7.47. The fourth-order valence-corrected chi connectivity index (χ4v) is 12.2. The number of fused-ring (bicyclic) bond motifs is 3. The zero-order chi connectivity index (χ0) is 29.3. The fraction of sp³-hybridized carbons (Fsp3) is 0.0233. The van der Waals surface area contributed by atoms with Crippen LogP contribution in [-0.2, 0) is 0 Å². The second-order valence-corrected chi connectivity index (χ2v) is 15.4. The van der Waals surface area contributed by atoms with E-state index in [1.807, 2.05) is 0 Å². The lowest BCUT2D eigenvalue weighted by Gasteiger charge is -2.34. The van der Waals surface area contributed by atoms with Gasteiger partial charge < -0.3 is 0 Å². The second-order valence-electron chi connectivity index (χ2n) is 11.6. The first-order valence-corrected chi connectivity index (χ1v) is 17.4. The Morgan fingerprint density at radius 2 is 0.750 bits per heavy atom. The molecule has 1 aliphatic rings. The molecular weight excluding hydrogens is 545 g/mol. The molecule has 7 aromatic carbocycles. The molecule has 44 heavy (non-hydrogen) atoms. The van der Waals surface area contributed by atoms with Crippen LogP contribution in [0.2, 0.25) is 0 Å². The normalized spacial score (nSPS) is 13.7. The summed E-state index contributed by atoms with van der Waals surface area (Å²) in [6.45, 7) is 0. The maximum Gasteiger partial charge on any atom is 0.179 e. The van der Waals surface area contributed by atoms with Crippen LogP contribution in [0, 0.1) is 0 Å². The first-order valence-electron chi connectivity index (χ1n) is 15.4. The van der Waals surface area contributed by atoms with E-state index >= 15 is 0 Å². The third kappa shape index (κ3) is 4.20. The molecule has 7 aromatic rings. The van der Waals surface area contributed by atoms with Gasteiger partial charge in [-0.3, -0.25) is 0 Å². The van der Waals surface area contributed by atoms with Crippen LogP contribution >= 0.6 is 0 Å². The minimum absolute atomic E-state index is 0.213. The zero-order valence-corrected chi connectivity index (χ0v) is 25.5. The molecule has 1 aliphatic carbocycles. The van der Waals surface area contributed by atoms with Gasteiger partial charge in [0.25, 0.3) is 0 Å². The van der Waals surface area contributed by atoms with Crippen molar-refractivity contribution in [2.24, 2.45) is 0 Å². The molecule has 0 bridgehead atoms. The Morgan fingerprint density at radius 1 is 0.318 bits per heavy atom. The van der Waals surface area contributed by atoms with E-state index in [1.165, 1.54) is 59.7 Å². The molecule has 0 spiro atoms. The summed E-state index contributed by atoms with van der Waals surface area (Å²) in [6.07, 6.45) is 0. The second kappa shape index (κ2) is 11.1. The molecule has 8 rings (SSSR count). The number of benzene rings is 7. The Balaban J connectivity index is 1.33. The van der Waals surface area contributed by atoms with Crippen molar-refractivity contribution in [2.75, 3.05) is 0 Å². The molecule has 0 radical (unpaired) electrons. The molecule has 0 nitrogen and oxygen atoms in total. The van der Waals surface area contributed by atoms with Crippen molar-refractivity contribution < 1.29 is 0 Å². The smallest absolute Gasteiger partial charge is 0.0623 e. The highest BCUT2D eigenvalue weighted by molar-refractivity contribution is 7.19. The molecule has 0 N–H and O–H groups in total. The summed E-state index contributed by atoms with van der Waals surface area (Å²) in [4.78, 5) is 0. The van der Waals surface area contributed by atoms with Crippen LogP contribution in [-0.4, -0.2) is 8.07 Å². The Bertz CT molecular complexity index is 1930. The topological polar surface area (TPSA) is 0 Å². The summed E-state index contributed by atoms with van der Waals surface area (Å²) in [5.74, 6) is 0.213. The van der Waals surface area contributed by atoms with Gasteiger partial charge in [0, 0.05) is 5.92 Å². The van der Waals surface area contributed by atoms with Gasteiger partial charge >= 0.3 is 0 Å². The van der Waals surface area contributed by atoms with Crippen molar-refractivity contribution in [3.8, 4) is 22.3 Å². The molecule has 0 saturated carbocycles. The molecule has 0 aliphatic heterocycles. The lowest BCUT2D eigenvalue weighted by Crippen LogP contribution is -2.74. The summed E-state index contributed by atoms with van der Waals surface area (Å²) in [5.41, 5.74) is 9.40. The van der Waals surface area contributed by atoms with Crippen LogP contribution in [0.1, 0.15) is 22.6 Å². The molecule has 0 aromatic heterocycles. The van der Waals surface area contributed by atoms with Crippen molar-refractivity contribution in [2.45, 2.75) is 5.92 Å². The molecular formula is C43H32Si. The maximum absolute atomic E-state index is 2.56. The summed E-state index contributed by atoms with van der Waals surface area (Å²) in [7, 11) is -2.56. The van der Waals surface area contributed by atoms with Gasteiger partial charge in [0.1, 0.15) is 0 Å². The summed E-state index contributed by atoms with van der Waals surface area (Å²) >= 11 is 0. The summed E-state index contributed by atoms with van der Waals surface area (Å²) in [5, 5.41) is 5.57. The van der Waals surface area contributed by atoms with E-state index in [-0.39, 0.29) is 5.92 Å². The van der Waals surface area contributed by atoms with E-state index in [9.17, 15) is 0 Å². The molecule has 208 valence electrons. The highest BCUT2D eigenvalue weighted by atomic mass is 28.3. The molecule has 0 heterocycles. The Hall–Kier alpha value is -5.24. The summed E-state index contributed by atoms with van der Waals surface area (Å²) < 4.78 is 0. The predicted octanol–water partition coefficient (Wildman–Crippen LogP) is 7.89. The van der Waals surface area contributed by atoms with E-state index < -0.39 is 8.07 Å². The van der Waals surface area contributed by atoms with Crippen LogP contribution in [0.3, 0.4) is 0 Å². The Kier molecular flexibility index (Phi) is 6.66. The molecule has 1 heteroatoms. The molecule has 1 unspecified atom stereocenters. The van der Waals surface area contributed by atoms with E-state index in [0.717, 1.165) is 0 Å². The Morgan fingerprint density at radius 3 is 1.32 bits per heavy atom. The van der Waals surface area contributed by atoms with E-state index in [0.29, 0.717) is 0 Å². The Labute approximate surface area is 261 Å². The van der Waals surface area contributed by atoms with Crippen molar-refractivity contribution in [3.63, 3.8) is 0 Å². The quantitative estimate of drug-likeness (QED) is 0.139. The molecule has 1 atom stereocenters. The van der Waals surface area contributed by atoms with E-state index in [4.69, 9.17) is 0 Å². The van der Waals surface area contributed by atoms with Gasteiger partial charge in [-0.1, -0.05) is 188 Å². The largest absolute Gasteiger partial charge is 0.179 e.